The maximum Gasteiger partial charge on any atom is 0.326 e. The molecule has 3 aromatic carbocycles. The largest absolute Gasteiger partial charge is 0.496 e. The van der Waals surface area contributed by atoms with E-state index in [0.29, 0.717) is 87.5 Å². The number of halogens is 2. The van der Waals surface area contributed by atoms with Gasteiger partial charge in [-0.1, -0.05) is 47.5 Å². The van der Waals surface area contributed by atoms with Crippen LogP contribution in [0.2, 0.25) is 10.0 Å². The molecule has 4 rings (SSSR count). The standard InChI is InChI=1S/C46H65Cl2N5O13S2/c1-45(2,29-66-46(3,67)30-59-4)65-15-14-52(50)26-36(49)28-64-19-17-62-16-18-63-27-32-21-40(60-5)42(41(22-32)61-6)33-11-9-31(10-12-33)20-38(44(55)56)51-43(54)39-8-7-13-53(39)68(57,58)37-24-34(47)23-35(48)25-37/h9-12,21-26,38-39,67H,7-8,13-20,27-30,49-50H2,1-6H3,(H,51,54)(H,55,56)/b36-26-/t38?,39-,46?/m0/s1. The number of carbonyl (C=O) groups is 2. The number of aliphatic carboxylic acids is 1. The number of carboxylic acid groups (broad SMARTS) is 1. The van der Waals surface area contributed by atoms with E-state index in [9.17, 15) is 23.1 Å². The van der Waals surface area contributed by atoms with E-state index < -0.39 is 44.5 Å². The highest BCUT2D eigenvalue weighted by atomic mass is 35.5. The van der Waals surface area contributed by atoms with E-state index in [1.807, 2.05) is 32.9 Å². The molecule has 2 unspecified atom stereocenters. The van der Waals surface area contributed by atoms with E-state index in [-0.39, 0.29) is 47.5 Å². The molecule has 3 aromatic rings. The van der Waals surface area contributed by atoms with Crippen molar-refractivity contribution in [3.8, 4) is 22.6 Å². The first-order chi connectivity index (χ1) is 32.2. The van der Waals surface area contributed by atoms with E-state index >= 15 is 0 Å². The molecule has 1 heterocycles. The summed E-state index contributed by atoms with van der Waals surface area (Å²) < 4.78 is 73.5. The van der Waals surface area contributed by atoms with E-state index in [2.05, 4.69) is 17.9 Å². The second kappa shape index (κ2) is 26.9. The van der Waals surface area contributed by atoms with Crippen molar-refractivity contribution in [2.24, 2.45) is 11.6 Å². The molecule has 1 fully saturated rings. The molecule has 3 atom stereocenters. The zero-order valence-corrected chi connectivity index (χ0v) is 42.6. The van der Waals surface area contributed by atoms with E-state index in [1.54, 1.807) is 51.8 Å². The first kappa shape index (κ1) is 56.7. The summed E-state index contributed by atoms with van der Waals surface area (Å²) >= 11 is 16.6. The number of carbonyl (C=O) groups excluding carboxylic acids is 1. The summed E-state index contributed by atoms with van der Waals surface area (Å²) in [5, 5.41) is 14.3. The van der Waals surface area contributed by atoms with Crippen molar-refractivity contribution in [3.05, 3.63) is 87.7 Å². The number of ether oxygens (including phenoxy) is 8. The van der Waals surface area contributed by atoms with E-state index in [1.165, 1.54) is 23.2 Å². The minimum absolute atomic E-state index is 0.0623. The SMILES string of the molecule is COCC(C)(S)OCC(C)(C)OCCN(N)/C=C(\N)COCCOCCOCc1cc(OC)c(-c2ccc(CC(NC(=O)[C@@H]3CCCN3S(=O)(=O)c3cc(Cl)cc(Cl)c3)C(=O)O)cc2)c(OC)c1. The molecule has 6 N–H and O–H groups in total. The van der Waals surface area contributed by atoms with Gasteiger partial charge in [-0.2, -0.15) is 4.31 Å². The molecule has 68 heavy (non-hydrogen) atoms. The zero-order chi connectivity index (χ0) is 50.1. The Balaban J connectivity index is 1.20. The summed E-state index contributed by atoms with van der Waals surface area (Å²) in [5.41, 5.74) is 8.78. The van der Waals surface area contributed by atoms with Gasteiger partial charge in [0.1, 0.15) is 28.5 Å². The van der Waals surface area contributed by atoms with Crippen LogP contribution in [0.1, 0.15) is 44.7 Å². The Labute approximate surface area is 414 Å². The van der Waals surface area contributed by atoms with Gasteiger partial charge in [0.05, 0.1) is 102 Å². The fourth-order valence-electron chi connectivity index (χ4n) is 7.09. The van der Waals surface area contributed by atoms with Gasteiger partial charge < -0.3 is 59.1 Å². The quantitative estimate of drug-likeness (QED) is 0.0188. The number of nitrogens with one attached hydrogen (secondary N) is 1. The monoisotopic (exact) mass is 1030 g/mol. The van der Waals surface area contributed by atoms with Gasteiger partial charge in [-0.25, -0.2) is 19.1 Å². The van der Waals surface area contributed by atoms with Crippen LogP contribution in [-0.2, 0) is 61.1 Å². The Morgan fingerprint density at radius 2 is 1.53 bits per heavy atom. The van der Waals surface area contributed by atoms with Crippen LogP contribution in [0.5, 0.6) is 11.5 Å². The number of nitrogens with two attached hydrogens (primary N) is 2. The van der Waals surface area contributed by atoms with Gasteiger partial charge in [0, 0.05) is 36.3 Å². The van der Waals surface area contributed by atoms with E-state index in [0.717, 1.165) is 15.4 Å². The molecule has 0 bridgehead atoms. The lowest BCUT2D eigenvalue weighted by molar-refractivity contribution is -0.142. The molecular formula is C46H65Cl2N5O13S2. The Morgan fingerprint density at radius 3 is 2.13 bits per heavy atom. The van der Waals surface area contributed by atoms with Crippen molar-refractivity contribution >= 4 is 57.7 Å². The summed E-state index contributed by atoms with van der Waals surface area (Å²) in [6, 6.07) is 12.2. The predicted octanol–water partition coefficient (Wildman–Crippen LogP) is 5.27. The second-order valence-corrected chi connectivity index (χ2v) is 20.4. The molecule has 0 saturated carbocycles. The molecule has 1 aliphatic heterocycles. The Hall–Kier alpha value is -3.90. The molecule has 1 amide bonds. The Morgan fingerprint density at radius 1 is 0.912 bits per heavy atom. The number of hydrazine groups is 1. The number of benzene rings is 3. The first-order valence-electron chi connectivity index (χ1n) is 21.7. The number of hydrogen-bond acceptors (Lipinski definition) is 16. The van der Waals surface area contributed by atoms with Crippen LogP contribution in [0.4, 0.5) is 0 Å². The number of nitrogens with zero attached hydrogens (tertiary/aromatic N) is 2. The molecular weight excluding hydrogens is 966 g/mol. The highest BCUT2D eigenvalue weighted by Crippen LogP contribution is 2.40. The third-order valence-electron chi connectivity index (χ3n) is 10.4. The van der Waals surface area contributed by atoms with Gasteiger partial charge in [-0.05, 0) is 80.6 Å². The normalized spacial score (nSPS) is 16.0. The lowest BCUT2D eigenvalue weighted by Gasteiger charge is -2.31. The van der Waals surface area contributed by atoms with Crippen molar-refractivity contribution in [3.63, 3.8) is 0 Å². The van der Waals surface area contributed by atoms with Crippen LogP contribution in [0, 0.1) is 0 Å². The zero-order valence-electron chi connectivity index (χ0n) is 39.3. The number of hydrogen-bond donors (Lipinski definition) is 5. The molecule has 378 valence electrons. The van der Waals surface area contributed by atoms with Crippen LogP contribution in [-0.4, -0.2) is 145 Å². The van der Waals surface area contributed by atoms with Crippen LogP contribution in [0.15, 0.2) is 71.4 Å². The number of carboxylic acids is 1. The summed E-state index contributed by atoms with van der Waals surface area (Å²) in [6.45, 7) is 8.87. The fourth-order valence-corrected chi connectivity index (χ4v) is 9.67. The van der Waals surface area contributed by atoms with Gasteiger partial charge in [0.15, 0.2) is 0 Å². The van der Waals surface area contributed by atoms with Crippen molar-refractivity contribution < 1.29 is 61.0 Å². The fraction of sp³-hybridized carbons (Fsp3) is 0.522. The molecule has 0 radical (unpaired) electrons. The number of methoxy groups -OCH3 is 3. The smallest absolute Gasteiger partial charge is 0.326 e. The topological polar surface area (TPSA) is 233 Å². The summed E-state index contributed by atoms with van der Waals surface area (Å²) in [6.07, 6.45) is 2.16. The van der Waals surface area contributed by atoms with Crippen LogP contribution >= 0.6 is 35.8 Å². The van der Waals surface area contributed by atoms with Gasteiger partial charge in [-0.3, -0.25) is 4.79 Å². The Kier molecular flexibility index (Phi) is 22.4. The number of rotatable bonds is 30. The molecule has 0 aliphatic carbocycles. The number of amides is 1. The predicted molar refractivity (Wildman–Crippen MR) is 261 cm³/mol. The summed E-state index contributed by atoms with van der Waals surface area (Å²) in [5.74, 6) is 5.13. The van der Waals surface area contributed by atoms with Crippen molar-refractivity contribution in [2.45, 2.75) is 74.2 Å². The second-order valence-electron chi connectivity index (χ2n) is 16.7. The molecule has 1 aliphatic rings. The lowest BCUT2D eigenvalue weighted by Crippen LogP contribution is -2.51. The third-order valence-corrected chi connectivity index (χ3v) is 13.0. The van der Waals surface area contributed by atoms with Crippen molar-refractivity contribution in [2.75, 3.05) is 87.3 Å². The minimum Gasteiger partial charge on any atom is -0.496 e. The van der Waals surface area contributed by atoms with Crippen molar-refractivity contribution in [1.29, 1.82) is 0 Å². The summed E-state index contributed by atoms with van der Waals surface area (Å²) in [7, 11) is 0.523. The first-order valence-corrected chi connectivity index (χ1v) is 24.4. The van der Waals surface area contributed by atoms with Gasteiger partial charge >= 0.3 is 5.97 Å². The maximum absolute atomic E-state index is 13.5. The third kappa shape index (κ3) is 17.8. The average Bonchev–Trinajstić information content (AvgIpc) is 3.79. The average molecular weight is 1030 g/mol. The molecule has 0 aromatic heterocycles. The summed E-state index contributed by atoms with van der Waals surface area (Å²) in [4.78, 5) is 24.9. The van der Waals surface area contributed by atoms with Crippen LogP contribution in [0.3, 0.4) is 0 Å². The minimum atomic E-state index is -4.16. The highest BCUT2D eigenvalue weighted by Gasteiger charge is 2.41. The van der Waals surface area contributed by atoms with Crippen LogP contribution < -0.4 is 26.4 Å². The van der Waals surface area contributed by atoms with E-state index in [4.69, 9.17) is 72.7 Å². The van der Waals surface area contributed by atoms with Gasteiger partial charge in [0.25, 0.3) is 0 Å². The molecule has 18 nitrogen and oxygen atoms in total. The maximum atomic E-state index is 13.5. The molecule has 1 saturated heterocycles. The lowest BCUT2D eigenvalue weighted by atomic mass is 9.98. The van der Waals surface area contributed by atoms with Crippen molar-refractivity contribution in [1.82, 2.24) is 14.6 Å². The number of sulfonamides is 1. The molecule has 22 heteroatoms. The highest BCUT2D eigenvalue weighted by molar-refractivity contribution is 7.89. The molecule has 0 spiro atoms. The number of thiol groups is 1. The van der Waals surface area contributed by atoms with Gasteiger partial charge in [0.2, 0.25) is 15.9 Å². The van der Waals surface area contributed by atoms with Gasteiger partial charge in [-0.15, -0.1) is 12.6 Å². The van der Waals surface area contributed by atoms with Crippen LogP contribution in [0.25, 0.3) is 11.1 Å². The Bertz CT molecular complexity index is 2210.